The van der Waals surface area contributed by atoms with Gasteiger partial charge in [-0.3, -0.25) is 10.1 Å². The number of nitrogens with zero attached hydrogens (tertiary/aromatic N) is 1. The zero-order chi connectivity index (χ0) is 13.0. The molecule has 6 nitrogen and oxygen atoms in total. The molecule has 0 saturated carbocycles. The molecular formula is C9H6ClFN2O4. The number of carboxylic acids is 1. The standard InChI is InChI=1S/C9H6ClFN2O4/c10-5-1-2-6(12-3-4-13(16)17)7(8(5)11)9(14)15/h1-4,12H,(H,14,15)/b4-3-. The van der Waals surface area contributed by atoms with E-state index < -0.39 is 22.3 Å². The van der Waals surface area contributed by atoms with Crippen LogP contribution in [0.1, 0.15) is 10.4 Å². The van der Waals surface area contributed by atoms with E-state index in [-0.39, 0.29) is 10.7 Å². The molecule has 0 bridgehead atoms. The Hall–Kier alpha value is -2.15. The first kappa shape index (κ1) is 12.9. The molecule has 0 aliphatic heterocycles. The fraction of sp³-hybridized carbons (Fsp3) is 0. The summed E-state index contributed by atoms with van der Waals surface area (Å²) in [6.45, 7) is 0. The van der Waals surface area contributed by atoms with Crippen LogP contribution in [0.2, 0.25) is 5.02 Å². The highest BCUT2D eigenvalue weighted by molar-refractivity contribution is 6.31. The Bertz CT molecular complexity index is 504. The van der Waals surface area contributed by atoms with Crippen LogP contribution in [0, 0.1) is 15.9 Å². The van der Waals surface area contributed by atoms with Crippen molar-refractivity contribution in [3.63, 3.8) is 0 Å². The summed E-state index contributed by atoms with van der Waals surface area (Å²) in [5.74, 6) is -2.62. The van der Waals surface area contributed by atoms with E-state index in [1.807, 2.05) is 0 Å². The summed E-state index contributed by atoms with van der Waals surface area (Å²) in [5, 5.41) is 20.7. The number of nitrogens with one attached hydrogen (secondary N) is 1. The monoisotopic (exact) mass is 260 g/mol. The highest BCUT2D eigenvalue weighted by Crippen LogP contribution is 2.25. The van der Waals surface area contributed by atoms with Crippen molar-refractivity contribution in [2.75, 3.05) is 5.32 Å². The summed E-state index contributed by atoms with van der Waals surface area (Å²) >= 11 is 5.42. The van der Waals surface area contributed by atoms with Gasteiger partial charge >= 0.3 is 5.97 Å². The molecular weight excluding hydrogens is 255 g/mol. The minimum atomic E-state index is -1.53. The summed E-state index contributed by atoms with van der Waals surface area (Å²) in [6, 6.07) is 2.35. The number of carbonyl (C=O) groups is 1. The first-order valence-corrected chi connectivity index (χ1v) is 4.59. The highest BCUT2D eigenvalue weighted by atomic mass is 35.5. The van der Waals surface area contributed by atoms with Gasteiger partial charge in [0.05, 0.1) is 21.8 Å². The molecule has 0 unspecified atom stereocenters. The Labute approximate surface area is 99.5 Å². The van der Waals surface area contributed by atoms with E-state index in [0.717, 1.165) is 12.3 Å². The van der Waals surface area contributed by atoms with Crippen LogP contribution in [-0.2, 0) is 0 Å². The van der Waals surface area contributed by atoms with E-state index in [2.05, 4.69) is 5.32 Å². The number of hydrogen-bond donors (Lipinski definition) is 2. The second-order valence-electron chi connectivity index (χ2n) is 2.83. The maximum absolute atomic E-state index is 13.4. The number of carboxylic acid groups (broad SMARTS) is 1. The average Bonchev–Trinajstić information content (AvgIpc) is 2.22. The maximum Gasteiger partial charge on any atom is 0.340 e. The SMILES string of the molecule is O=C(O)c1c(N/C=C\[N+](=O)[O-])ccc(Cl)c1F. The Balaban J connectivity index is 3.12. The predicted molar refractivity (Wildman–Crippen MR) is 58.1 cm³/mol. The summed E-state index contributed by atoms with van der Waals surface area (Å²) in [6.07, 6.45) is 1.44. The smallest absolute Gasteiger partial charge is 0.340 e. The van der Waals surface area contributed by atoms with Gasteiger partial charge in [-0.25, -0.2) is 9.18 Å². The van der Waals surface area contributed by atoms with Crippen LogP contribution >= 0.6 is 11.6 Å². The maximum atomic E-state index is 13.4. The molecule has 0 aliphatic carbocycles. The van der Waals surface area contributed by atoms with Gasteiger partial charge in [-0.05, 0) is 12.1 Å². The fourth-order valence-corrected chi connectivity index (χ4v) is 1.23. The number of aromatic carboxylic acids is 1. The van der Waals surface area contributed by atoms with E-state index in [1.165, 1.54) is 6.07 Å². The number of hydrogen-bond acceptors (Lipinski definition) is 4. The van der Waals surface area contributed by atoms with Gasteiger partial charge in [0.1, 0.15) is 5.56 Å². The number of rotatable bonds is 4. The Morgan fingerprint density at radius 2 is 2.24 bits per heavy atom. The molecule has 0 radical (unpaired) electrons. The Kier molecular flexibility index (Phi) is 4.00. The van der Waals surface area contributed by atoms with Crippen molar-refractivity contribution in [3.05, 3.63) is 51.1 Å². The zero-order valence-corrected chi connectivity index (χ0v) is 8.94. The normalized spacial score (nSPS) is 10.5. The first-order valence-electron chi connectivity index (χ1n) is 4.21. The van der Waals surface area contributed by atoms with Crippen molar-refractivity contribution in [2.45, 2.75) is 0 Å². The van der Waals surface area contributed by atoms with Crippen LogP contribution in [0.25, 0.3) is 0 Å². The summed E-state index contributed by atoms with van der Waals surface area (Å²) in [5.41, 5.74) is -0.803. The first-order chi connectivity index (χ1) is 7.93. The van der Waals surface area contributed by atoms with Gasteiger partial charge in [0.15, 0.2) is 5.82 Å². The van der Waals surface area contributed by atoms with Crippen LogP contribution in [0.3, 0.4) is 0 Å². The molecule has 2 N–H and O–H groups in total. The van der Waals surface area contributed by atoms with E-state index in [9.17, 15) is 19.3 Å². The van der Waals surface area contributed by atoms with Gasteiger partial charge in [-0.1, -0.05) is 11.6 Å². The quantitative estimate of drug-likeness (QED) is 0.640. The number of benzene rings is 1. The molecule has 0 aromatic heterocycles. The number of halogens is 2. The van der Waals surface area contributed by atoms with Gasteiger partial charge in [0.25, 0.3) is 0 Å². The van der Waals surface area contributed by atoms with Crippen LogP contribution in [-0.4, -0.2) is 16.0 Å². The minimum absolute atomic E-state index is 0.127. The number of nitro groups is 1. The third-order valence-corrected chi connectivity index (χ3v) is 2.04. The molecule has 8 heteroatoms. The molecule has 0 saturated heterocycles. The van der Waals surface area contributed by atoms with Crippen molar-refractivity contribution in [3.8, 4) is 0 Å². The van der Waals surface area contributed by atoms with Gasteiger partial charge in [-0.15, -0.1) is 0 Å². The summed E-state index contributed by atoms with van der Waals surface area (Å²) in [7, 11) is 0. The molecule has 17 heavy (non-hydrogen) atoms. The molecule has 0 aliphatic rings. The molecule has 0 atom stereocenters. The molecule has 0 fully saturated rings. The van der Waals surface area contributed by atoms with Crippen molar-refractivity contribution >= 4 is 23.3 Å². The molecule has 1 aromatic rings. The van der Waals surface area contributed by atoms with Crippen molar-refractivity contribution in [1.82, 2.24) is 0 Å². The van der Waals surface area contributed by atoms with Crippen LogP contribution in [0.4, 0.5) is 10.1 Å². The third kappa shape index (κ3) is 3.15. The van der Waals surface area contributed by atoms with E-state index in [0.29, 0.717) is 6.20 Å². The highest BCUT2D eigenvalue weighted by Gasteiger charge is 2.18. The predicted octanol–water partition coefficient (Wildman–Crippen LogP) is 2.34. The molecule has 90 valence electrons. The molecule has 0 heterocycles. The Morgan fingerprint density at radius 3 is 2.76 bits per heavy atom. The van der Waals surface area contributed by atoms with Crippen LogP contribution < -0.4 is 5.32 Å². The average molecular weight is 261 g/mol. The van der Waals surface area contributed by atoms with Gasteiger partial charge < -0.3 is 10.4 Å². The lowest BCUT2D eigenvalue weighted by Crippen LogP contribution is -2.06. The fourth-order valence-electron chi connectivity index (χ4n) is 1.07. The van der Waals surface area contributed by atoms with E-state index in [1.54, 1.807) is 0 Å². The summed E-state index contributed by atoms with van der Waals surface area (Å²) < 4.78 is 13.4. The lowest BCUT2D eigenvalue weighted by molar-refractivity contribution is -0.402. The topological polar surface area (TPSA) is 92.5 Å². The second-order valence-corrected chi connectivity index (χ2v) is 3.24. The number of anilines is 1. The third-order valence-electron chi connectivity index (χ3n) is 1.74. The lowest BCUT2D eigenvalue weighted by atomic mass is 10.1. The molecule has 1 aromatic carbocycles. The van der Waals surface area contributed by atoms with Crippen molar-refractivity contribution in [1.29, 1.82) is 0 Å². The van der Waals surface area contributed by atoms with Gasteiger partial charge in [-0.2, -0.15) is 0 Å². The van der Waals surface area contributed by atoms with Gasteiger partial charge in [0, 0.05) is 0 Å². The molecule has 0 amide bonds. The zero-order valence-electron chi connectivity index (χ0n) is 8.18. The van der Waals surface area contributed by atoms with E-state index in [4.69, 9.17) is 16.7 Å². The van der Waals surface area contributed by atoms with Crippen molar-refractivity contribution < 1.29 is 19.2 Å². The Morgan fingerprint density at radius 1 is 1.59 bits per heavy atom. The van der Waals surface area contributed by atoms with Crippen molar-refractivity contribution in [2.24, 2.45) is 0 Å². The largest absolute Gasteiger partial charge is 0.478 e. The van der Waals surface area contributed by atoms with Gasteiger partial charge in [0.2, 0.25) is 6.20 Å². The lowest BCUT2D eigenvalue weighted by Gasteiger charge is -2.07. The second kappa shape index (κ2) is 5.26. The molecule has 1 rings (SSSR count). The van der Waals surface area contributed by atoms with E-state index >= 15 is 0 Å². The van der Waals surface area contributed by atoms with Crippen LogP contribution in [0.15, 0.2) is 24.5 Å². The van der Waals surface area contributed by atoms with Crippen LogP contribution in [0.5, 0.6) is 0 Å². The summed E-state index contributed by atoms with van der Waals surface area (Å²) in [4.78, 5) is 20.0. The molecule has 0 spiro atoms. The minimum Gasteiger partial charge on any atom is -0.478 e.